The second-order valence-corrected chi connectivity index (χ2v) is 5.48. The van der Waals surface area contributed by atoms with Crippen LogP contribution in [-0.4, -0.2) is 24.3 Å². The third-order valence-electron chi connectivity index (χ3n) is 4.17. The van der Waals surface area contributed by atoms with Crippen LogP contribution in [-0.2, 0) is 19.0 Å². The Labute approximate surface area is 106 Å². The summed E-state index contributed by atoms with van der Waals surface area (Å²) >= 11 is 0. The summed E-state index contributed by atoms with van der Waals surface area (Å²) in [6.45, 7) is 0. The molecular formula is C14H16O4. The van der Waals surface area contributed by atoms with Crippen LogP contribution in [0.3, 0.4) is 0 Å². The first-order chi connectivity index (χ1) is 8.81. The standard InChI is InChI=1S/C14H16O4/c15-14(8-4-5-10-12(6-8)17-10)16-7-9-2-1-3-11-13(9)18-11/h6-8,10-11,13H,1-5H2/b9-7+. The van der Waals surface area contributed by atoms with Crippen LogP contribution in [0.5, 0.6) is 0 Å². The molecular weight excluding hydrogens is 232 g/mol. The minimum absolute atomic E-state index is 0.130. The van der Waals surface area contributed by atoms with E-state index >= 15 is 0 Å². The molecule has 1 saturated carbocycles. The van der Waals surface area contributed by atoms with E-state index in [-0.39, 0.29) is 18.0 Å². The molecule has 3 fully saturated rings. The van der Waals surface area contributed by atoms with Crippen LogP contribution in [0.2, 0.25) is 0 Å². The molecule has 96 valence electrons. The Morgan fingerprint density at radius 3 is 3.22 bits per heavy atom. The lowest BCUT2D eigenvalue weighted by molar-refractivity contribution is -0.141. The number of carbonyl (C=O) groups is 1. The highest BCUT2D eigenvalue weighted by molar-refractivity contribution is 5.75. The first kappa shape index (κ1) is 10.6. The Kier molecular flexibility index (Phi) is 2.27. The van der Waals surface area contributed by atoms with Gasteiger partial charge in [0.2, 0.25) is 0 Å². The van der Waals surface area contributed by atoms with Crippen LogP contribution in [0.4, 0.5) is 0 Å². The summed E-state index contributed by atoms with van der Waals surface area (Å²) in [5, 5.41) is 0. The van der Waals surface area contributed by atoms with Gasteiger partial charge in [0, 0.05) is 0 Å². The second-order valence-electron chi connectivity index (χ2n) is 5.48. The third-order valence-corrected chi connectivity index (χ3v) is 4.17. The molecule has 2 aliphatic heterocycles. The van der Waals surface area contributed by atoms with Gasteiger partial charge in [0.1, 0.15) is 11.9 Å². The smallest absolute Gasteiger partial charge is 0.317 e. The van der Waals surface area contributed by atoms with E-state index in [1.165, 1.54) is 0 Å². The van der Waals surface area contributed by atoms with Crippen LogP contribution in [0.15, 0.2) is 23.7 Å². The van der Waals surface area contributed by atoms with Crippen molar-refractivity contribution in [1.29, 1.82) is 0 Å². The van der Waals surface area contributed by atoms with Crippen molar-refractivity contribution in [2.45, 2.75) is 50.4 Å². The maximum atomic E-state index is 11.9. The summed E-state index contributed by atoms with van der Waals surface area (Å²) in [5.41, 5.74) is 1.14. The molecule has 0 aromatic carbocycles. The number of ether oxygens (including phenoxy) is 3. The van der Waals surface area contributed by atoms with Crippen LogP contribution in [0, 0.1) is 5.92 Å². The minimum atomic E-state index is -0.160. The molecule has 4 aliphatic rings. The van der Waals surface area contributed by atoms with Crippen LogP contribution in [0.1, 0.15) is 32.1 Å². The molecule has 4 rings (SSSR count). The maximum Gasteiger partial charge on any atom is 0.317 e. The number of rotatable bonds is 2. The predicted octanol–water partition coefficient (Wildman–Crippen LogP) is 2.06. The van der Waals surface area contributed by atoms with Gasteiger partial charge in [-0.1, -0.05) is 0 Å². The molecule has 0 aromatic heterocycles. The quantitative estimate of drug-likeness (QED) is 0.426. The monoisotopic (exact) mass is 248 g/mol. The molecule has 2 aliphatic carbocycles. The van der Waals surface area contributed by atoms with E-state index < -0.39 is 0 Å². The number of carbonyl (C=O) groups excluding carboxylic acids is 1. The van der Waals surface area contributed by atoms with Crippen molar-refractivity contribution >= 4 is 5.97 Å². The number of hydrogen-bond donors (Lipinski definition) is 0. The highest BCUT2D eigenvalue weighted by Gasteiger charge is 2.44. The first-order valence-corrected chi connectivity index (χ1v) is 6.74. The zero-order valence-corrected chi connectivity index (χ0v) is 10.1. The average molecular weight is 248 g/mol. The van der Waals surface area contributed by atoms with Gasteiger partial charge in [-0.05, 0) is 43.8 Å². The minimum Gasteiger partial charge on any atom is -0.483 e. The van der Waals surface area contributed by atoms with E-state index in [1.54, 1.807) is 6.26 Å². The van der Waals surface area contributed by atoms with Gasteiger partial charge < -0.3 is 14.2 Å². The lowest BCUT2D eigenvalue weighted by Crippen LogP contribution is -2.17. The predicted molar refractivity (Wildman–Crippen MR) is 62.4 cm³/mol. The summed E-state index contributed by atoms with van der Waals surface area (Å²) in [6, 6.07) is 0. The van der Waals surface area contributed by atoms with Gasteiger partial charge >= 0.3 is 5.97 Å². The van der Waals surface area contributed by atoms with E-state index in [0.29, 0.717) is 12.2 Å². The molecule has 4 heteroatoms. The van der Waals surface area contributed by atoms with Crippen LogP contribution in [0.25, 0.3) is 0 Å². The lowest BCUT2D eigenvalue weighted by Gasteiger charge is -2.12. The van der Waals surface area contributed by atoms with Gasteiger partial charge in [0.25, 0.3) is 0 Å². The van der Waals surface area contributed by atoms with Crippen molar-refractivity contribution in [2.75, 3.05) is 0 Å². The van der Waals surface area contributed by atoms with Crippen molar-refractivity contribution in [2.24, 2.45) is 5.92 Å². The average Bonchev–Trinajstić information content (AvgIpc) is 3.26. The van der Waals surface area contributed by atoms with Crippen molar-refractivity contribution in [3.63, 3.8) is 0 Å². The number of fused-ring (bicyclic) bond motifs is 2. The molecule has 0 radical (unpaired) electrons. The molecule has 0 aromatic rings. The summed E-state index contributed by atoms with van der Waals surface area (Å²) in [5.74, 6) is 0.681. The summed E-state index contributed by atoms with van der Waals surface area (Å²) in [7, 11) is 0. The SMILES string of the molecule is O=C(O/C=C1\CCCC2OC12)C1C=C2OC2CC1. The fourth-order valence-electron chi connectivity index (χ4n) is 2.96. The molecule has 2 saturated heterocycles. The normalized spacial score (nSPS) is 42.2. The molecule has 4 atom stereocenters. The Bertz CT molecular complexity index is 451. The second kappa shape index (κ2) is 3.85. The molecule has 18 heavy (non-hydrogen) atoms. The third kappa shape index (κ3) is 1.85. The molecule has 0 amide bonds. The highest BCUT2D eigenvalue weighted by Crippen LogP contribution is 2.41. The van der Waals surface area contributed by atoms with E-state index in [0.717, 1.165) is 43.4 Å². The Balaban J connectivity index is 1.38. The van der Waals surface area contributed by atoms with Crippen LogP contribution >= 0.6 is 0 Å². The van der Waals surface area contributed by atoms with E-state index in [1.807, 2.05) is 6.08 Å². The van der Waals surface area contributed by atoms with Crippen LogP contribution < -0.4 is 0 Å². The molecule has 0 N–H and O–H groups in total. The van der Waals surface area contributed by atoms with Crippen molar-refractivity contribution in [3.05, 3.63) is 23.7 Å². The lowest BCUT2D eigenvalue weighted by atomic mass is 9.95. The maximum absolute atomic E-state index is 11.9. The van der Waals surface area contributed by atoms with Crippen molar-refractivity contribution in [3.8, 4) is 0 Å². The Morgan fingerprint density at radius 1 is 1.39 bits per heavy atom. The number of esters is 1. The highest BCUT2D eigenvalue weighted by atomic mass is 16.6. The van der Waals surface area contributed by atoms with Crippen molar-refractivity contribution in [1.82, 2.24) is 0 Å². The van der Waals surface area contributed by atoms with Gasteiger partial charge in [-0.15, -0.1) is 0 Å². The number of epoxide rings is 2. The van der Waals surface area contributed by atoms with Gasteiger partial charge in [-0.25, -0.2) is 0 Å². The van der Waals surface area contributed by atoms with Crippen molar-refractivity contribution < 1.29 is 19.0 Å². The van der Waals surface area contributed by atoms with Gasteiger partial charge in [0.15, 0.2) is 6.10 Å². The Morgan fingerprint density at radius 2 is 2.33 bits per heavy atom. The zero-order valence-electron chi connectivity index (χ0n) is 10.1. The molecule has 0 spiro atoms. The summed E-state index contributed by atoms with van der Waals surface area (Å²) in [4.78, 5) is 11.9. The molecule has 2 heterocycles. The van der Waals surface area contributed by atoms with Gasteiger partial charge in [-0.2, -0.15) is 0 Å². The zero-order chi connectivity index (χ0) is 12.1. The van der Waals surface area contributed by atoms with Gasteiger partial charge in [0.05, 0.1) is 18.3 Å². The largest absolute Gasteiger partial charge is 0.483 e. The molecule has 4 unspecified atom stereocenters. The van der Waals surface area contributed by atoms with E-state index in [2.05, 4.69) is 0 Å². The molecule has 4 nitrogen and oxygen atoms in total. The number of hydrogen-bond acceptors (Lipinski definition) is 4. The fraction of sp³-hybridized carbons (Fsp3) is 0.643. The first-order valence-electron chi connectivity index (χ1n) is 6.74. The fourth-order valence-corrected chi connectivity index (χ4v) is 2.96. The molecule has 0 bridgehead atoms. The Hall–Kier alpha value is -1.29. The summed E-state index contributed by atoms with van der Waals surface area (Å²) in [6.07, 6.45) is 9.49. The summed E-state index contributed by atoms with van der Waals surface area (Å²) < 4.78 is 16.1. The van der Waals surface area contributed by atoms with E-state index in [9.17, 15) is 4.79 Å². The van der Waals surface area contributed by atoms with Gasteiger partial charge in [-0.3, -0.25) is 4.79 Å². The topological polar surface area (TPSA) is 51.4 Å². The van der Waals surface area contributed by atoms with E-state index in [4.69, 9.17) is 14.2 Å².